The molecule has 0 radical (unpaired) electrons. The molecular formula is C18H30N2O. The molecule has 1 aromatic carbocycles. The van der Waals surface area contributed by atoms with Crippen LogP contribution < -0.4 is 10.2 Å². The van der Waals surface area contributed by atoms with Crippen LogP contribution in [0.2, 0.25) is 0 Å². The van der Waals surface area contributed by atoms with E-state index >= 15 is 0 Å². The van der Waals surface area contributed by atoms with Gasteiger partial charge in [-0.15, -0.1) is 0 Å². The van der Waals surface area contributed by atoms with Crippen LogP contribution in [0.4, 0.5) is 5.69 Å². The molecule has 0 amide bonds. The molecule has 0 bridgehead atoms. The van der Waals surface area contributed by atoms with Gasteiger partial charge in [0.1, 0.15) is 0 Å². The average Bonchev–Trinajstić information content (AvgIpc) is 2.91. The van der Waals surface area contributed by atoms with Crippen molar-refractivity contribution in [3.8, 4) is 0 Å². The van der Waals surface area contributed by atoms with Crippen LogP contribution in [0.15, 0.2) is 18.2 Å². The lowest BCUT2D eigenvalue weighted by Crippen LogP contribution is -2.23. The molecule has 2 rings (SSSR count). The van der Waals surface area contributed by atoms with Gasteiger partial charge in [-0.05, 0) is 56.8 Å². The fourth-order valence-electron chi connectivity index (χ4n) is 2.97. The molecule has 0 aliphatic carbocycles. The van der Waals surface area contributed by atoms with E-state index in [9.17, 15) is 0 Å². The normalized spacial score (nSPS) is 15.3. The van der Waals surface area contributed by atoms with Gasteiger partial charge in [-0.3, -0.25) is 0 Å². The maximum Gasteiger partial charge on any atom is 0.0482 e. The van der Waals surface area contributed by atoms with Crippen LogP contribution in [0.5, 0.6) is 0 Å². The van der Waals surface area contributed by atoms with Crippen molar-refractivity contribution in [1.29, 1.82) is 0 Å². The lowest BCUT2D eigenvalue weighted by Gasteiger charge is -2.20. The van der Waals surface area contributed by atoms with Crippen molar-refractivity contribution in [3.63, 3.8) is 0 Å². The molecule has 0 fully saturated rings. The molecule has 0 spiro atoms. The number of hydrogen-bond acceptors (Lipinski definition) is 3. The summed E-state index contributed by atoms with van der Waals surface area (Å²) in [6.45, 7) is 11.6. The minimum atomic E-state index is 0.447. The van der Waals surface area contributed by atoms with Gasteiger partial charge in [-0.1, -0.05) is 19.1 Å². The van der Waals surface area contributed by atoms with Crippen LogP contribution in [-0.4, -0.2) is 32.8 Å². The van der Waals surface area contributed by atoms with E-state index in [-0.39, 0.29) is 0 Å². The molecule has 21 heavy (non-hydrogen) atoms. The summed E-state index contributed by atoms with van der Waals surface area (Å²) in [5, 5.41) is 3.57. The molecule has 1 heterocycles. The van der Waals surface area contributed by atoms with Crippen molar-refractivity contribution in [3.05, 3.63) is 29.3 Å². The van der Waals surface area contributed by atoms with E-state index in [1.54, 1.807) is 0 Å². The lowest BCUT2D eigenvalue weighted by molar-refractivity contribution is 0.146. The Hall–Kier alpha value is -1.06. The quantitative estimate of drug-likeness (QED) is 0.704. The Balaban J connectivity index is 1.93. The van der Waals surface area contributed by atoms with Crippen molar-refractivity contribution in [2.75, 3.05) is 37.7 Å². The van der Waals surface area contributed by atoms with E-state index in [0.717, 1.165) is 39.3 Å². The van der Waals surface area contributed by atoms with Gasteiger partial charge in [-0.25, -0.2) is 0 Å². The molecule has 1 aromatic rings. The van der Waals surface area contributed by atoms with Crippen molar-refractivity contribution in [1.82, 2.24) is 5.32 Å². The minimum absolute atomic E-state index is 0.447. The predicted octanol–water partition coefficient (Wildman–Crippen LogP) is 3.54. The molecule has 1 N–H and O–H groups in total. The highest BCUT2D eigenvalue weighted by Gasteiger charge is 2.19. The molecule has 0 saturated heterocycles. The van der Waals surface area contributed by atoms with E-state index in [2.05, 4.69) is 49.2 Å². The average molecular weight is 290 g/mol. The Morgan fingerprint density at radius 2 is 2.19 bits per heavy atom. The molecular weight excluding hydrogens is 260 g/mol. The fourth-order valence-corrected chi connectivity index (χ4v) is 2.97. The summed E-state index contributed by atoms with van der Waals surface area (Å²) in [6.07, 6.45) is 3.48. The highest BCUT2D eigenvalue weighted by Crippen LogP contribution is 2.30. The number of hydrogen-bond donors (Lipinski definition) is 1. The van der Waals surface area contributed by atoms with Gasteiger partial charge >= 0.3 is 0 Å². The summed E-state index contributed by atoms with van der Waals surface area (Å²) in [5.74, 6) is 0. The molecule has 0 aromatic heterocycles. The van der Waals surface area contributed by atoms with Gasteiger partial charge in [0.2, 0.25) is 0 Å². The second-order valence-electron chi connectivity index (χ2n) is 5.85. The Morgan fingerprint density at radius 3 is 2.95 bits per heavy atom. The Bertz CT molecular complexity index is 433. The number of ether oxygens (including phenoxy) is 1. The second kappa shape index (κ2) is 8.40. The zero-order chi connectivity index (χ0) is 15.1. The summed E-state index contributed by atoms with van der Waals surface area (Å²) in [5.41, 5.74) is 4.35. The predicted molar refractivity (Wildman–Crippen MR) is 90.2 cm³/mol. The lowest BCUT2D eigenvalue weighted by atomic mass is 10.0. The molecule has 1 atom stereocenters. The fraction of sp³-hybridized carbons (Fsp3) is 0.667. The SMILES string of the molecule is CCCNC(C)c1ccc2c(c1)CCN2CCCOCC. The molecule has 1 aliphatic rings. The number of fused-ring (bicyclic) bond motifs is 1. The van der Waals surface area contributed by atoms with Crippen molar-refractivity contribution < 1.29 is 4.74 Å². The zero-order valence-electron chi connectivity index (χ0n) is 13.8. The highest BCUT2D eigenvalue weighted by atomic mass is 16.5. The summed E-state index contributed by atoms with van der Waals surface area (Å²) < 4.78 is 5.43. The van der Waals surface area contributed by atoms with Gasteiger partial charge in [0.05, 0.1) is 0 Å². The van der Waals surface area contributed by atoms with E-state index in [0.29, 0.717) is 6.04 Å². The van der Waals surface area contributed by atoms with E-state index in [1.165, 1.54) is 29.7 Å². The zero-order valence-corrected chi connectivity index (χ0v) is 13.8. The number of nitrogens with zero attached hydrogens (tertiary/aromatic N) is 1. The van der Waals surface area contributed by atoms with Gasteiger partial charge in [0.15, 0.2) is 0 Å². The van der Waals surface area contributed by atoms with Gasteiger partial charge in [-0.2, -0.15) is 0 Å². The topological polar surface area (TPSA) is 24.5 Å². The van der Waals surface area contributed by atoms with Crippen LogP contribution in [-0.2, 0) is 11.2 Å². The first-order valence-electron chi connectivity index (χ1n) is 8.45. The largest absolute Gasteiger partial charge is 0.382 e. The standard InChI is InChI=1S/C18H30N2O/c1-4-10-19-15(3)16-7-8-18-17(14-16)9-12-20(18)11-6-13-21-5-2/h7-8,14-15,19H,4-6,9-13H2,1-3H3. The number of rotatable bonds is 9. The van der Waals surface area contributed by atoms with Crippen LogP contribution in [0, 0.1) is 0 Å². The van der Waals surface area contributed by atoms with E-state index in [4.69, 9.17) is 4.74 Å². The minimum Gasteiger partial charge on any atom is -0.382 e. The maximum atomic E-state index is 5.43. The summed E-state index contributed by atoms with van der Waals surface area (Å²) >= 11 is 0. The van der Waals surface area contributed by atoms with Crippen molar-refractivity contribution >= 4 is 5.69 Å². The Labute approximate surface area is 129 Å². The first kappa shape index (κ1) is 16.3. The Morgan fingerprint density at radius 1 is 1.33 bits per heavy atom. The number of anilines is 1. The van der Waals surface area contributed by atoms with Gasteiger partial charge in [0, 0.05) is 38.0 Å². The maximum absolute atomic E-state index is 5.43. The molecule has 0 saturated carbocycles. The number of nitrogens with one attached hydrogen (secondary N) is 1. The van der Waals surface area contributed by atoms with Crippen molar-refractivity contribution in [2.45, 2.75) is 46.1 Å². The van der Waals surface area contributed by atoms with Gasteiger partial charge in [0.25, 0.3) is 0 Å². The van der Waals surface area contributed by atoms with E-state index < -0.39 is 0 Å². The molecule has 1 unspecified atom stereocenters. The van der Waals surface area contributed by atoms with Crippen molar-refractivity contribution in [2.24, 2.45) is 0 Å². The first-order chi connectivity index (χ1) is 10.3. The third-order valence-corrected chi connectivity index (χ3v) is 4.22. The second-order valence-corrected chi connectivity index (χ2v) is 5.85. The summed E-state index contributed by atoms with van der Waals surface area (Å²) in [4.78, 5) is 2.50. The summed E-state index contributed by atoms with van der Waals surface area (Å²) in [6, 6.07) is 7.43. The smallest absolute Gasteiger partial charge is 0.0482 e. The van der Waals surface area contributed by atoms with E-state index in [1.807, 2.05) is 0 Å². The first-order valence-corrected chi connectivity index (χ1v) is 8.45. The van der Waals surface area contributed by atoms with Crippen LogP contribution in [0.25, 0.3) is 0 Å². The monoisotopic (exact) mass is 290 g/mol. The van der Waals surface area contributed by atoms with Crippen LogP contribution in [0.1, 0.15) is 50.8 Å². The third-order valence-electron chi connectivity index (χ3n) is 4.22. The highest BCUT2D eigenvalue weighted by molar-refractivity contribution is 5.59. The molecule has 1 aliphatic heterocycles. The molecule has 3 nitrogen and oxygen atoms in total. The Kier molecular flexibility index (Phi) is 6.52. The van der Waals surface area contributed by atoms with Gasteiger partial charge < -0.3 is 15.0 Å². The molecule has 3 heteroatoms. The summed E-state index contributed by atoms with van der Waals surface area (Å²) in [7, 11) is 0. The molecule has 118 valence electrons. The number of benzene rings is 1. The van der Waals surface area contributed by atoms with Crippen LogP contribution in [0.3, 0.4) is 0 Å². The third kappa shape index (κ3) is 4.45. The van der Waals surface area contributed by atoms with Crippen LogP contribution >= 0.6 is 0 Å².